The van der Waals surface area contributed by atoms with Gasteiger partial charge in [-0.05, 0) is 18.9 Å². The van der Waals surface area contributed by atoms with E-state index in [1.165, 1.54) is 0 Å². The summed E-state index contributed by atoms with van der Waals surface area (Å²) in [6, 6.07) is 0. The summed E-state index contributed by atoms with van der Waals surface area (Å²) in [7, 11) is -0.753. The molecule has 2 N–H and O–H groups in total. The third-order valence-corrected chi connectivity index (χ3v) is 3.63. The van der Waals surface area contributed by atoms with Gasteiger partial charge < -0.3 is 10.6 Å². The normalized spacial score (nSPS) is 27.6. The van der Waals surface area contributed by atoms with Crippen molar-refractivity contribution in [2.75, 3.05) is 31.6 Å². The fraction of sp³-hybridized carbons (Fsp3) is 0.900. The molecule has 0 aliphatic carbocycles. The number of hydrogen-bond donors (Lipinski definition) is 2. The topological polar surface area (TPSA) is 58.2 Å². The smallest absolute Gasteiger partial charge is 0.224 e. The van der Waals surface area contributed by atoms with E-state index in [4.69, 9.17) is 0 Å². The Bertz CT molecular complexity index is 246. The van der Waals surface area contributed by atoms with E-state index in [0.29, 0.717) is 18.2 Å². The van der Waals surface area contributed by atoms with Crippen molar-refractivity contribution in [1.82, 2.24) is 10.6 Å². The predicted molar refractivity (Wildman–Crippen MR) is 62.1 cm³/mol. The highest BCUT2D eigenvalue weighted by Gasteiger charge is 2.28. The van der Waals surface area contributed by atoms with Crippen LogP contribution in [0.15, 0.2) is 0 Å². The molecule has 1 fully saturated rings. The Morgan fingerprint density at radius 2 is 2.27 bits per heavy atom. The molecule has 0 radical (unpaired) electrons. The summed E-state index contributed by atoms with van der Waals surface area (Å²) < 4.78 is 10.8. The molecular weight excluding hydrogens is 212 g/mol. The molecule has 3 atom stereocenters. The second kappa shape index (κ2) is 6.23. The van der Waals surface area contributed by atoms with Crippen LogP contribution in [-0.4, -0.2) is 41.8 Å². The van der Waals surface area contributed by atoms with Gasteiger partial charge in [0.1, 0.15) is 0 Å². The number of carbonyl (C=O) groups excluding carboxylic acids is 1. The van der Waals surface area contributed by atoms with E-state index >= 15 is 0 Å². The summed E-state index contributed by atoms with van der Waals surface area (Å²) in [5, 5.41) is 6.10. The molecule has 1 aliphatic rings. The van der Waals surface area contributed by atoms with Gasteiger partial charge in [0.15, 0.2) is 0 Å². The number of nitrogens with one attached hydrogen (secondary N) is 2. The van der Waals surface area contributed by atoms with Crippen LogP contribution in [-0.2, 0) is 15.6 Å². The van der Waals surface area contributed by atoms with Crippen LogP contribution in [0, 0.1) is 11.8 Å². The van der Waals surface area contributed by atoms with Gasteiger partial charge in [0, 0.05) is 35.9 Å². The molecule has 0 saturated carbocycles. The molecule has 88 valence electrons. The summed E-state index contributed by atoms with van der Waals surface area (Å²) in [6.07, 6.45) is 2.48. The van der Waals surface area contributed by atoms with E-state index in [2.05, 4.69) is 17.6 Å². The molecule has 1 saturated heterocycles. The predicted octanol–water partition coefficient (Wildman–Crippen LogP) is -0.273. The van der Waals surface area contributed by atoms with Crippen LogP contribution in [0.4, 0.5) is 0 Å². The Balaban J connectivity index is 2.15. The van der Waals surface area contributed by atoms with E-state index in [9.17, 15) is 9.00 Å². The van der Waals surface area contributed by atoms with Gasteiger partial charge in [-0.2, -0.15) is 0 Å². The third kappa shape index (κ3) is 4.30. The second-order valence-corrected chi connectivity index (χ2v) is 5.72. The van der Waals surface area contributed by atoms with Crippen LogP contribution >= 0.6 is 0 Å². The van der Waals surface area contributed by atoms with Gasteiger partial charge in [-0.3, -0.25) is 9.00 Å². The number of hydrogen-bond acceptors (Lipinski definition) is 3. The van der Waals surface area contributed by atoms with Crippen molar-refractivity contribution in [3.8, 4) is 0 Å². The van der Waals surface area contributed by atoms with Gasteiger partial charge in [-0.25, -0.2) is 0 Å². The van der Waals surface area contributed by atoms with Crippen molar-refractivity contribution in [3.05, 3.63) is 0 Å². The van der Waals surface area contributed by atoms with Crippen LogP contribution in [0.2, 0.25) is 0 Å². The van der Waals surface area contributed by atoms with Crippen molar-refractivity contribution >= 4 is 16.7 Å². The first-order valence-electron chi connectivity index (χ1n) is 5.39. The Morgan fingerprint density at radius 1 is 1.53 bits per heavy atom. The molecule has 0 bridgehead atoms. The molecule has 0 aromatic heterocycles. The fourth-order valence-electron chi connectivity index (χ4n) is 1.78. The van der Waals surface area contributed by atoms with Gasteiger partial charge in [0.25, 0.3) is 0 Å². The molecule has 0 aromatic rings. The molecule has 1 amide bonds. The van der Waals surface area contributed by atoms with Crippen LogP contribution in [0.3, 0.4) is 0 Å². The maximum Gasteiger partial charge on any atom is 0.224 e. The van der Waals surface area contributed by atoms with Crippen LogP contribution in [0.25, 0.3) is 0 Å². The lowest BCUT2D eigenvalue weighted by molar-refractivity contribution is -0.125. The van der Waals surface area contributed by atoms with Crippen molar-refractivity contribution in [3.63, 3.8) is 0 Å². The van der Waals surface area contributed by atoms with Crippen molar-refractivity contribution < 1.29 is 9.00 Å². The zero-order valence-corrected chi connectivity index (χ0v) is 10.2. The van der Waals surface area contributed by atoms with E-state index < -0.39 is 10.8 Å². The quantitative estimate of drug-likeness (QED) is 0.641. The Hall–Kier alpha value is -0.420. The van der Waals surface area contributed by atoms with Gasteiger partial charge in [0.2, 0.25) is 5.91 Å². The Labute approximate surface area is 93.7 Å². The summed E-state index contributed by atoms with van der Waals surface area (Å²) >= 11 is 0. The number of rotatable bonds is 5. The van der Waals surface area contributed by atoms with Crippen molar-refractivity contribution in [1.29, 1.82) is 0 Å². The van der Waals surface area contributed by atoms with Crippen molar-refractivity contribution in [2.45, 2.75) is 13.3 Å². The highest BCUT2D eigenvalue weighted by molar-refractivity contribution is 7.84. The molecule has 15 heavy (non-hydrogen) atoms. The minimum atomic E-state index is -0.753. The van der Waals surface area contributed by atoms with E-state index in [1.54, 1.807) is 6.26 Å². The fourth-order valence-corrected chi connectivity index (χ4v) is 2.33. The van der Waals surface area contributed by atoms with Gasteiger partial charge in [-0.1, -0.05) is 6.92 Å². The average molecular weight is 232 g/mol. The second-order valence-electron chi connectivity index (χ2n) is 4.16. The van der Waals surface area contributed by atoms with Gasteiger partial charge in [-0.15, -0.1) is 0 Å². The van der Waals surface area contributed by atoms with Crippen molar-refractivity contribution in [2.24, 2.45) is 11.8 Å². The highest BCUT2D eigenvalue weighted by Crippen LogP contribution is 2.15. The zero-order valence-electron chi connectivity index (χ0n) is 9.41. The lowest BCUT2D eigenvalue weighted by atomic mass is 9.97. The highest BCUT2D eigenvalue weighted by atomic mass is 32.2. The molecule has 4 nitrogen and oxygen atoms in total. The average Bonchev–Trinajstić information content (AvgIpc) is 2.58. The molecule has 1 heterocycles. The number of carbonyl (C=O) groups is 1. The summed E-state index contributed by atoms with van der Waals surface area (Å²) in [5.41, 5.74) is 0. The summed E-state index contributed by atoms with van der Waals surface area (Å²) in [4.78, 5) is 11.7. The van der Waals surface area contributed by atoms with Gasteiger partial charge in [0.05, 0.1) is 5.92 Å². The van der Waals surface area contributed by atoms with E-state index in [1.807, 2.05) is 0 Å². The van der Waals surface area contributed by atoms with Crippen LogP contribution < -0.4 is 10.6 Å². The summed E-state index contributed by atoms with van der Waals surface area (Å²) in [6.45, 7) is 4.44. The lowest BCUT2D eigenvalue weighted by Gasteiger charge is -2.13. The largest absolute Gasteiger partial charge is 0.356 e. The van der Waals surface area contributed by atoms with E-state index in [-0.39, 0.29) is 11.8 Å². The first kappa shape index (κ1) is 12.6. The molecule has 5 heteroatoms. The lowest BCUT2D eigenvalue weighted by Crippen LogP contribution is -2.35. The monoisotopic (exact) mass is 232 g/mol. The molecule has 1 unspecified atom stereocenters. The maximum atomic E-state index is 11.7. The molecule has 1 rings (SSSR count). The van der Waals surface area contributed by atoms with E-state index in [0.717, 1.165) is 19.5 Å². The standard InChI is InChI=1S/C10H20N2O2S/c1-8-6-11-7-9(8)10(13)12-4-3-5-15(2)14/h8-9,11H,3-7H2,1-2H3,(H,12,13)/t8-,9-,15?/m1/s1. The third-order valence-electron chi connectivity index (χ3n) is 2.76. The number of amides is 1. The minimum absolute atomic E-state index is 0.108. The molecule has 0 aromatic carbocycles. The molecular formula is C10H20N2O2S. The summed E-state index contributed by atoms with van der Waals surface area (Å²) in [5.74, 6) is 1.33. The molecule has 1 aliphatic heterocycles. The van der Waals surface area contributed by atoms with Crippen LogP contribution in [0.1, 0.15) is 13.3 Å². The molecule has 0 spiro atoms. The first-order valence-corrected chi connectivity index (χ1v) is 7.12. The Morgan fingerprint density at radius 3 is 2.80 bits per heavy atom. The maximum absolute atomic E-state index is 11.7. The first-order chi connectivity index (χ1) is 7.11. The van der Waals surface area contributed by atoms with Crippen LogP contribution in [0.5, 0.6) is 0 Å². The van der Waals surface area contributed by atoms with Gasteiger partial charge >= 0.3 is 0 Å². The SMILES string of the molecule is C[C@@H]1CNC[C@H]1C(=O)NCCCS(C)=O. The Kier molecular flexibility index (Phi) is 5.25. The zero-order chi connectivity index (χ0) is 11.3. The minimum Gasteiger partial charge on any atom is -0.356 e.